The van der Waals surface area contributed by atoms with Crippen molar-refractivity contribution < 1.29 is 23.8 Å². The average Bonchev–Trinajstić information content (AvgIpc) is 3.33. The standard InChI is InChI=1S/C18H21NO5/c1-22-14-8-5-12(10-15(14)23-2)17(20)19-11-18(21,13-6-7-13)16-4-3-9-24-16/h3-5,8-10,13,21H,6-7,11H2,1-2H3,(H,19,20). The van der Waals surface area contributed by atoms with E-state index in [9.17, 15) is 9.90 Å². The van der Waals surface area contributed by atoms with Gasteiger partial charge in [-0.25, -0.2) is 0 Å². The second-order valence-electron chi connectivity index (χ2n) is 5.93. The molecule has 1 aromatic heterocycles. The fourth-order valence-electron chi connectivity index (χ4n) is 2.81. The van der Waals surface area contributed by atoms with Gasteiger partial charge in [0, 0.05) is 5.56 Å². The average molecular weight is 331 g/mol. The van der Waals surface area contributed by atoms with Gasteiger partial charge in [0.1, 0.15) is 11.4 Å². The molecule has 1 aliphatic rings. The van der Waals surface area contributed by atoms with Crippen molar-refractivity contribution in [1.82, 2.24) is 5.32 Å². The Bertz CT molecular complexity index is 708. The third kappa shape index (κ3) is 3.10. The Morgan fingerprint density at radius 3 is 2.62 bits per heavy atom. The van der Waals surface area contributed by atoms with Crippen LogP contribution < -0.4 is 14.8 Å². The lowest BCUT2D eigenvalue weighted by Crippen LogP contribution is -2.42. The lowest BCUT2D eigenvalue weighted by Gasteiger charge is -2.26. The summed E-state index contributed by atoms with van der Waals surface area (Å²) in [4.78, 5) is 12.4. The highest BCUT2D eigenvalue weighted by atomic mass is 16.5. The minimum Gasteiger partial charge on any atom is -0.493 e. The number of hydrogen-bond acceptors (Lipinski definition) is 5. The Balaban J connectivity index is 1.73. The van der Waals surface area contributed by atoms with Crippen LogP contribution in [-0.4, -0.2) is 31.8 Å². The van der Waals surface area contributed by atoms with E-state index in [1.54, 1.807) is 30.3 Å². The third-order valence-electron chi connectivity index (χ3n) is 4.36. The van der Waals surface area contributed by atoms with Crippen LogP contribution in [0.15, 0.2) is 41.0 Å². The van der Waals surface area contributed by atoms with Crippen LogP contribution in [0.5, 0.6) is 11.5 Å². The van der Waals surface area contributed by atoms with Crippen molar-refractivity contribution in [3.05, 3.63) is 47.9 Å². The number of carbonyl (C=O) groups is 1. The minimum absolute atomic E-state index is 0.0956. The largest absolute Gasteiger partial charge is 0.493 e. The molecule has 0 bridgehead atoms. The second-order valence-corrected chi connectivity index (χ2v) is 5.93. The molecule has 2 aromatic rings. The van der Waals surface area contributed by atoms with Gasteiger partial charge in [0.2, 0.25) is 0 Å². The molecule has 6 nitrogen and oxygen atoms in total. The Kier molecular flexibility index (Phi) is 4.49. The molecule has 24 heavy (non-hydrogen) atoms. The van der Waals surface area contributed by atoms with Crippen molar-refractivity contribution in [3.8, 4) is 11.5 Å². The smallest absolute Gasteiger partial charge is 0.251 e. The first kappa shape index (κ1) is 16.4. The number of nitrogens with one attached hydrogen (secondary N) is 1. The summed E-state index contributed by atoms with van der Waals surface area (Å²) in [6, 6.07) is 8.41. The molecule has 0 aliphatic heterocycles. The third-order valence-corrected chi connectivity index (χ3v) is 4.36. The fourth-order valence-corrected chi connectivity index (χ4v) is 2.81. The maximum Gasteiger partial charge on any atom is 0.251 e. The monoisotopic (exact) mass is 331 g/mol. The van der Waals surface area contributed by atoms with Gasteiger partial charge in [0.15, 0.2) is 11.5 Å². The van der Waals surface area contributed by atoms with E-state index in [4.69, 9.17) is 13.9 Å². The first-order valence-electron chi connectivity index (χ1n) is 7.85. The number of amides is 1. The highest BCUT2D eigenvalue weighted by Gasteiger charge is 2.47. The van der Waals surface area contributed by atoms with Crippen LogP contribution in [-0.2, 0) is 5.60 Å². The van der Waals surface area contributed by atoms with E-state index in [-0.39, 0.29) is 18.4 Å². The number of carbonyl (C=O) groups excluding carboxylic acids is 1. The molecular weight excluding hydrogens is 310 g/mol. The van der Waals surface area contributed by atoms with Gasteiger partial charge >= 0.3 is 0 Å². The molecule has 0 saturated heterocycles. The summed E-state index contributed by atoms with van der Waals surface area (Å²) in [6.45, 7) is 0.0956. The molecule has 1 fully saturated rings. The van der Waals surface area contributed by atoms with Gasteiger partial charge in [-0.3, -0.25) is 4.79 Å². The van der Waals surface area contributed by atoms with Crippen LogP contribution >= 0.6 is 0 Å². The summed E-state index contributed by atoms with van der Waals surface area (Å²) in [7, 11) is 3.05. The van der Waals surface area contributed by atoms with E-state index in [2.05, 4.69) is 5.32 Å². The van der Waals surface area contributed by atoms with E-state index in [0.717, 1.165) is 12.8 Å². The molecule has 1 aliphatic carbocycles. The van der Waals surface area contributed by atoms with E-state index >= 15 is 0 Å². The Morgan fingerprint density at radius 1 is 1.29 bits per heavy atom. The van der Waals surface area contributed by atoms with Crippen molar-refractivity contribution in [1.29, 1.82) is 0 Å². The summed E-state index contributed by atoms with van der Waals surface area (Å²) in [5.41, 5.74) is -0.736. The molecule has 1 heterocycles. The minimum atomic E-state index is -1.17. The van der Waals surface area contributed by atoms with Crippen LogP contribution in [0.25, 0.3) is 0 Å². The Morgan fingerprint density at radius 2 is 2.04 bits per heavy atom. The topological polar surface area (TPSA) is 80.9 Å². The summed E-state index contributed by atoms with van der Waals surface area (Å²) in [6.07, 6.45) is 3.37. The van der Waals surface area contributed by atoms with Crippen LogP contribution in [0.1, 0.15) is 29.0 Å². The number of aliphatic hydroxyl groups is 1. The highest BCUT2D eigenvalue weighted by Crippen LogP contribution is 2.45. The first-order chi connectivity index (χ1) is 11.6. The molecule has 3 rings (SSSR count). The number of methoxy groups -OCH3 is 2. The molecule has 1 amide bonds. The van der Waals surface area contributed by atoms with Gasteiger partial charge in [-0.1, -0.05) is 0 Å². The molecule has 1 aromatic carbocycles. The fraction of sp³-hybridized carbons (Fsp3) is 0.389. The van der Waals surface area contributed by atoms with Gasteiger partial charge in [-0.05, 0) is 49.1 Å². The molecule has 6 heteroatoms. The number of hydrogen-bond donors (Lipinski definition) is 2. The quantitative estimate of drug-likeness (QED) is 0.814. The molecule has 1 atom stereocenters. The number of rotatable bonds is 7. The van der Waals surface area contributed by atoms with Gasteiger partial charge in [0.05, 0.1) is 27.0 Å². The van der Waals surface area contributed by atoms with Gasteiger partial charge in [-0.2, -0.15) is 0 Å². The van der Waals surface area contributed by atoms with Crippen molar-refractivity contribution in [2.45, 2.75) is 18.4 Å². The second kappa shape index (κ2) is 6.57. The zero-order valence-electron chi connectivity index (χ0n) is 13.7. The van der Waals surface area contributed by atoms with E-state index < -0.39 is 5.60 Å². The molecule has 2 N–H and O–H groups in total. The molecule has 0 radical (unpaired) electrons. The van der Waals surface area contributed by atoms with Crippen LogP contribution in [0.2, 0.25) is 0 Å². The van der Waals surface area contributed by atoms with E-state index in [0.29, 0.717) is 22.8 Å². The lowest BCUT2D eigenvalue weighted by molar-refractivity contribution is -0.00611. The van der Waals surface area contributed by atoms with Crippen LogP contribution in [0.3, 0.4) is 0 Å². The Hall–Kier alpha value is -2.47. The molecular formula is C18H21NO5. The molecule has 1 saturated carbocycles. The molecule has 1 unspecified atom stereocenters. The van der Waals surface area contributed by atoms with Crippen molar-refractivity contribution in [3.63, 3.8) is 0 Å². The molecule has 128 valence electrons. The van der Waals surface area contributed by atoms with Crippen molar-refractivity contribution >= 4 is 5.91 Å². The SMILES string of the molecule is COc1ccc(C(=O)NCC(O)(c2ccco2)C2CC2)cc1OC. The number of ether oxygens (including phenoxy) is 2. The van der Waals surface area contributed by atoms with E-state index in [1.165, 1.54) is 20.5 Å². The summed E-state index contributed by atoms with van der Waals surface area (Å²) in [5, 5.41) is 13.7. The summed E-state index contributed by atoms with van der Waals surface area (Å²) >= 11 is 0. The van der Waals surface area contributed by atoms with Gasteiger partial charge < -0.3 is 24.3 Å². The number of furan rings is 1. The predicted molar refractivity (Wildman–Crippen MR) is 87.2 cm³/mol. The van der Waals surface area contributed by atoms with Gasteiger partial charge in [0.25, 0.3) is 5.91 Å². The predicted octanol–water partition coefficient (Wildman–Crippen LogP) is 2.32. The maximum atomic E-state index is 12.4. The van der Waals surface area contributed by atoms with Crippen molar-refractivity contribution in [2.75, 3.05) is 20.8 Å². The summed E-state index contributed by atoms with van der Waals surface area (Å²) < 4.78 is 15.7. The normalized spacial score (nSPS) is 16.3. The van der Waals surface area contributed by atoms with Crippen LogP contribution in [0.4, 0.5) is 0 Å². The Labute approximate surface area is 140 Å². The van der Waals surface area contributed by atoms with Gasteiger partial charge in [-0.15, -0.1) is 0 Å². The maximum absolute atomic E-state index is 12.4. The van der Waals surface area contributed by atoms with Crippen molar-refractivity contribution in [2.24, 2.45) is 5.92 Å². The first-order valence-corrected chi connectivity index (χ1v) is 7.85. The lowest BCUT2D eigenvalue weighted by atomic mass is 9.94. The van der Waals surface area contributed by atoms with E-state index in [1.807, 2.05) is 0 Å². The van der Waals surface area contributed by atoms with Crippen LogP contribution in [0, 0.1) is 5.92 Å². The zero-order chi connectivity index (χ0) is 17.2. The highest BCUT2D eigenvalue weighted by molar-refractivity contribution is 5.94. The zero-order valence-corrected chi connectivity index (χ0v) is 13.7. The number of benzene rings is 1. The summed E-state index contributed by atoms with van der Waals surface area (Å²) in [5.74, 6) is 1.33. The molecule has 0 spiro atoms.